The number of aromatic amines is 1. The minimum atomic E-state index is -0.297. The second-order valence-electron chi connectivity index (χ2n) is 8.43. The van der Waals surface area contributed by atoms with Gasteiger partial charge in [-0.3, -0.25) is 24.4 Å². The van der Waals surface area contributed by atoms with Crippen molar-refractivity contribution in [1.29, 1.82) is 0 Å². The molecular formula is C28H39ClN4O7. The number of aromatic nitrogens is 4. The Hall–Kier alpha value is -3.67. The molecule has 0 fully saturated rings. The van der Waals surface area contributed by atoms with Gasteiger partial charge in [0.25, 0.3) is 0 Å². The molecule has 0 saturated heterocycles. The fourth-order valence-electron chi connectivity index (χ4n) is 3.47. The zero-order chi connectivity index (χ0) is 29.7. The van der Waals surface area contributed by atoms with E-state index in [0.29, 0.717) is 53.0 Å². The molecule has 0 aliphatic rings. The maximum atomic E-state index is 10.5. The summed E-state index contributed by atoms with van der Waals surface area (Å²) in [7, 11) is 0. The van der Waals surface area contributed by atoms with Crippen molar-refractivity contribution in [3.8, 4) is 22.9 Å². The van der Waals surface area contributed by atoms with E-state index < -0.39 is 0 Å². The van der Waals surface area contributed by atoms with Crippen LogP contribution in [0.25, 0.3) is 11.4 Å². The fraction of sp³-hybridized carbons (Fsp3) is 0.429. The van der Waals surface area contributed by atoms with E-state index in [2.05, 4.69) is 26.9 Å². The molecule has 0 aromatic carbocycles. The lowest BCUT2D eigenvalue weighted by atomic mass is 10.1. The molecule has 5 N–H and O–H groups in total. The van der Waals surface area contributed by atoms with Crippen LogP contribution < -0.4 is 0 Å². The molecule has 40 heavy (non-hydrogen) atoms. The molecular weight excluding hydrogens is 540 g/mol. The van der Waals surface area contributed by atoms with Gasteiger partial charge in [-0.15, -0.1) is 12.4 Å². The number of rotatable bonds is 9. The number of aliphatic hydroxyl groups is 2. The summed E-state index contributed by atoms with van der Waals surface area (Å²) in [5, 5.41) is 37.6. The lowest BCUT2D eigenvalue weighted by Gasteiger charge is -2.08. The van der Waals surface area contributed by atoms with Crippen LogP contribution in [-0.2, 0) is 35.6 Å². The molecule has 0 bridgehead atoms. The topological polar surface area (TPSA) is 187 Å². The van der Waals surface area contributed by atoms with Crippen LogP contribution >= 0.6 is 12.4 Å². The van der Waals surface area contributed by atoms with Crippen LogP contribution in [0, 0.1) is 13.8 Å². The summed E-state index contributed by atoms with van der Waals surface area (Å²) in [6, 6.07) is 0. The minimum Gasteiger partial charge on any atom is -0.505 e. The van der Waals surface area contributed by atoms with E-state index in [-0.39, 0.29) is 54.2 Å². The molecule has 0 spiro atoms. The standard InChI is InChI=1S/C14H19N3O2.C8H9NO3.C6H10O2.ClH/c1-4-10-11(5-2)17-14(16-10)12-9(7-18)6-15-8(3)13(12)19;1-5-8(12)7(4-11)6(3-10)2-9-5;1-3-5(7)6(8)4-2;/h6,18-19H,4-5,7H2,1-3H3,(H,16,17);2,4,10,12H,3H2,1H3;3-4H2,1-2H3;1H. The molecule has 0 saturated carbocycles. The van der Waals surface area contributed by atoms with Crippen LogP contribution in [-0.4, -0.2) is 58.2 Å². The lowest BCUT2D eigenvalue weighted by molar-refractivity contribution is -0.136. The first kappa shape index (κ1) is 36.3. The van der Waals surface area contributed by atoms with Gasteiger partial charge in [0.05, 0.1) is 41.4 Å². The maximum absolute atomic E-state index is 10.5. The highest BCUT2D eigenvalue weighted by atomic mass is 35.5. The van der Waals surface area contributed by atoms with Gasteiger partial charge in [0.15, 0.2) is 17.9 Å². The number of halogens is 1. The van der Waals surface area contributed by atoms with Crippen molar-refractivity contribution in [3.63, 3.8) is 0 Å². The van der Waals surface area contributed by atoms with Crippen LogP contribution in [0.4, 0.5) is 0 Å². The molecule has 0 atom stereocenters. The van der Waals surface area contributed by atoms with Crippen molar-refractivity contribution in [2.45, 2.75) is 80.4 Å². The van der Waals surface area contributed by atoms with E-state index in [0.717, 1.165) is 24.2 Å². The number of aryl methyl sites for hydroxylation is 4. The first-order valence-electron chi connectivity index (χ1n) is 12.7. The molecule has 3 aromatic rings. The molecule has 0 aliphatic carbocycles. The van der Waals surface area contributed by atoms with Gasteiger partial charge in [-0.25, -0.2) is 4.98 Å². The van der Waals surface area contributed by atoms with E-state index in [9.17, 15) is 29.7 Å². The fourth-order valence-corrected chi connectivity index (χ4v) is 3.47. The molecule has 3 rings (SSSR count). The van der Waals surface area contributed by atoms with Crippen molar-refractivity contribution >= 4 is 30.3 Å². The minimum absolute atomic E-state index is 0. The number of nitrogens with one attached hydrogen (secondary N) is 1. The van der Waals surface area contributed by atoms with Gasteiger partial charge in [-0.1, -0.05) is 27.7 Å². The Balaban J connectivity index is 0.000000624. The number of Topliss-reactive ketones (excluding diaryl/α,β-unsaturated/α-hetero) is 2. The number of ketones is 2. The van der Waals surface area contributed by atoms with Crippen molar-refractivity contribution in [2.75, 3.05) is 0 Å². The Kier molecular flexibility index (Phi) is 16.2. The van der Waals surface area contributed by atoms with Gasteiger partial charge in [-0.05, 0) is 26.7 Å². The third-order valence-corrected chi connectivity index (χ3v) is 5.87. The Morgan fingerprint density at radius 2 is 1.35 bits per heavy atom. The van der Waals surface area contributed by atoms with Crippen LogP contribution in [0.15, 0.2) is 12.4 Å². The Morgan fingerprint density at radius 1 is 0.850 bits per heavy atom. The van der Waals surface area contributed by atoms with Gasteiger partial charge < -0.3 is 25.4 Å². The van der Waals surface area contributed by atoms with Gasteiger partial charge in [-0.2, -0.15) is 0 Å². The molecule has 0 radical (unpaired) electrons. The zero-order valence-electron chi connectivity index (χ0n) is 23.7. The Morgan fingerprint density at radius 3 is 1.75 bits per heavy atom. The summed E-state index contributed by atoms with van der Waals surface area (Å²) in [5.41, 5.74) is 4.55. The van der Waals surface area contributed by atoms with Crippen LogP contribution in [0.1, 0.15) is 84.8 Å². The van der Waals surface area contributed by atoms with E-state index in [1.54, 1.807) is 33.9 Å². The summed E-state index contributed by atoms with van der Waals surface area (Å²) in [5.74, 6) is 0.00269. The highest BCUT2D eigenvalue weighted by Gasteiger charge is 2.18. The second-order valence-corrected chi connectivity index (χ2v) is 8.43. The smallest absolute Gasteiger partial charge is 0.198 e. The predicted molar refractivity (Wildman–Crippen MR) is 153 cm³/mol. The zero-order valence-corrected chi connectivity index (χ0v) is 24.6. The quantitative estimate of drug-likeness (QED) is 0.184. The Bertz CT molecular complexity index is 1260. The van der Waals surface area contributed by atoms with Crippen LogP contribution in [0.3, 0.4) is 0 Å². The lowest BCUT2D eigenvalue weighted by Crippen LogP contribution is -2.09. The predicted octanol–water partition coefficient (Wildman–Crippen LogP) is 3.87. The van der Waals surface area contributed by atoms with Gasteiger partial charge in [0.2, 0.25) is 0 Å². The first-order valence-corrected chi connectivity index (χ1v) is 12.7. The molecule has 3 aromatic heterocycles. The highest BCUT2D eigenvalue weighted by Crippen LogP contribution is 2.33. The third kappa shape index (κ3) is 9.22. The number of carbonyl (C=O) groups is 3. The summed E-state index contributed by atoms with van der Waals surface area (Å²) in [6.45, 7) is 10.3. The number of imidazole rings is 1. The third-order valence-electron chi connectivity index (χ3n) is 5.87. The molecule has 3 heterocycles. The van der Waals surface area contributed by atoms with Crippen molar-refractivity contribution in [1.82, 2.24) is 19.9 Å². The van der Waals surface area contributed by atoms with Gasteiger partial charge in [0, 0.05) is 42.1 Å². The Labute approximate surface area is 240 Å². The maximum Gasteiger partial charge on any atom is 0.198 e. The van der Waals surface area contributed by atoms with Crippen LogP contribution in [0.2, 0.25) is 0 Å². The first-order chi connectivity index (χ1) is 18.5. The second kappa shape index (κ2) is 17.8. The average Bonchev–Trinajstić information content (AvgIpc) is 3.38. The van der Waals surface area contributed by atoms with Crippen LogP contribution in [0.5, 0.6) is 11.5 Å². The number of aromatic hydroxyl groups is 2. The normalized spacial score (nSPS) is 9.90. The summed E-state index contributed by atoms with van der Waals surface area (Å²) < 4.78 is 0. The number of pyridine rings is 2. The van der Waals surface area contributed by atoms with Crippen molar-refractivity contribution in [3.05, 3.63) is 51.9 Å². The molecule has 12 heteroatoms. The number of aldehydes is 1. The van der Waals surface area contributed by atoms with Crippen molar-refractivity contribution in [2.24, 2.45) is 0 Å². The molecule has 0 amide bonds. The summed E-state index contributed by atoms with van der Waals surface area (Å²) in [6.07, 6.45) is 5.83. The number of nitrogens with zero attached hydrogens (tertiary/aromatic N) is 3. The van der Waals surface area contributed by atoms with E-state index in [1.807, 2.05) is 6.92 Å². The number of H-pyrrole nitrogens is 1. The average molecular weight is 579 g/mol. The molecule has 0 aliphatic heterocycles. The van der Waals surface area contributed by atoms with E-state index in [4.69, 9.17) is 5.11 Å². The number of aliphatic hydroxyl groups excluding tert-OH is 2. The summed E-state index contributed by atoms with van der Waals surface area (Å²) >= 11 is 0. The molecule has 0 unspecified atom stereocenters. The largest absolute Gasteiger partial charge is 0.505 e. The highest BCUT2D eigenvalue weighted by molar-refractivity contribution is 6.36. The van der Waals surface area contributed by atoms with E-state index in [1.165, 1.54) is 6.20 Å². The van der Waals surface area contributed by atoms with E-state index >= 15 is 0 Å². The van der Waals surface area contributed by atoms with Gasteiger partial charge >= 0.3 is 0 Å². The molecule has 220 valence electrons. The number of hydrogen-bond acceptors (Lipinski definition) is 10. The number of carbonyl (C=O) groups excluding carboxylic acids is 3. The van der Waals surface area contributed by atoms with Crippen molar-refractivity contribution < 1.29 is 34.8 Å². The number of hydrogen-bond donors (Lipinski definition) is 5. The SMILES string of the molecule is CCC(=O)C(=O)CC.CCc1nc(-c2c(CO)cnc(C)c2O)[nH]c1CC.Cc1ncc(CO)c(C=O)c1O.Cl. The monoisotopic (exact) mass is 578 g/mol. The molecule has 11 nitrogen and oxygen atoms in total. The summed E-state index contributed by atoms with van der Waals surface area (Å²) in [4.78, 5) is 46.8. The van der Waals surface area contributed by atoms with Gasteiger partial charge in [0.1, 0.15) is 17.3 Å².